The van der Waals surface area contributed by atoms with Gasteiger partial charge in [0.2, 0.25) is 0 Å². The Labute approximate surface area is 173 Å². The van der Waals surface area contributed by atoms with Gasteiger partial charge in [0.1, 0.15) is 5.82 Å². The number of amides is 1. The van der Waals surface area contributed by atoms with Gasteiger partial charge in [0.15, 0.2) is 0 Å². The smallest absolute Gasteiger partial charge is 0.264 e. The van der Waals surface area contributed by atoms with Gasteiger partial charge in [0.25, 0.3) is 15.9 Å². The molecule has 3 aromatic rings. The van der Waals surface area contributed by atoms with Gasteiger partial charge in [-0.05, 0) is 55.0 Å². The average Bonchev–Trinajstić information content (AvgIpc) is 2.71. The van der Waals surface area contributed by atoms with Gasteiger partial charge in [0.05, 0.1) is 15.6 Å². The maximum absolute atomic E-state index is 13.3. The molecule has 0 aromatic heterocycles. The second-order valence-electron chi connectivity index (χ2n) is 6.37. The first-order valence-corrected chi connectivity index (χ1v) is 10.4. The molecule has 0 heterocycles. The van der Waals surface area contributed by atoms with Crippen LogP contribution in [0.2, 0.25) is 5.02 Å². The first-order chi connectivity index (χ1) is 13.7. The normalized spacial score (nSPS) is 11.2. The van der Waals surface area contributed by atoms with Crippen LogP contribution in [0.15, 0.2) is 71.6 Å². The molecule has 0 saturated heterocycles. The van der Waals surface area contributed by atoms with Crippen LogP contribution in [0.1, 0.15) is 15.9 Å². The minimum absolute atomic E-state index is 0.110. The van der Waals surface area contributed by atoms with Crippen molar-refractivity contribution in [3.63, 3.8) is 0 Å². The van der Waals surface area contributed by atoms with Crippen molar-refractivity contribution in [1.82, 2.24) is 0 Å². The monoisotopic (exact) mass is 432 g/mol. The Hall–Kier alpha value is -2.90. The van der Waals surface area contributed by atoms with Crippen molar-refractivity contribution in [2.45, 2.75) is 11.8 Å². The highest BCUT2D eigenvalue weighted by Crippen LogP contribution is 2.27. The quantitative estimate of drug-likeness (QED) is 0.625. The van der Waals surface area contributed by atoms with E-state index in [4.69, 9.17) is 11.6 Å². The fourth-order valence-corrected chi connectivity index (χ4v) is 4.20. The number of nitrogens with one attached hydrogen (secondary N) is 1. The summed E-state index contributed by atoms with van der Waals surface area (Å²) in [5, 5.41) is 2.51. The summed E-state index contributed by atoms with van der Waals surface area (Å²) in [7, 11) is -2.35. The second kappa shape index (κ2) is 8.23. The fraction of sp³-hybridized carbons (Fsp3) is 0.0952. The first kappa shape index (κ1) is 20.8. The third kappa shape index (κ3) is 4.41. The molecule has 0 aliphatic rings. The highest BCUT2D eigenvalue weighted by Gasteiger charge is 2.23. The Balaban J connectivity index is 1.91. The van der Waals surface area contributed by atoms with Crippen LogP contribution in [-0.4, -0.2) is 21.4 Å². The lowest BCUT2D eigenvalue weighted by Gasteiger charge is -2.22. The van der Waals surface area contributed by atoms with Gasteiger partial charge in [-0.15, -0.1) is 0 Å². The number of rotatable bonds is 5. The number of anilines is 2. The van der Waals surface area contributed by atoms with Crippen LogP contribution in [0.4, 0.5) is 15.8 Å². The molecule has 5 nitrogen and oxygen atoms in total. The van der Waals surface area contributed by atoms with Crippen molar-refractivity contribution in [3.05, 3.63) is 88.7 Å². The van der Waals surface area contributed by atoms with Crippen LogP contribution in [0.5, 0.6) is 0 Å². The Morgan fingerprint density at radius 3 is 2.38 bits per heavy atom. The molecule has 1 amide bonds. The standard InChI is InChI=1S/C21H18ClFN2O3S/c1-14-8-9-15(21(26)24-16-10-11-19(23)18(22)13-16)12-20(14)25(2)29(27,28)17-6-4-3-5-7-17/h3-13H,1-2H3,(H,24,26). The summed E-state index contributed by atoms with van der Waals surface area (Å²) in [5.41, 5.74) is 1.64. The molecule has 0 fully saturated rings. The van der Waals surface area contributed by atoms with Gasteiger partial charge in [-0.2, -0.15) is 0 Å². The van der Waals surface area contributed by atoms with Crippen LogP contribution < -0.4 is 9.62 Å². The molecule has 0 aliphatic heterocycles. The molecule has 0 bridgehead atoms. The molecule has 0 atom stereocenters. The number of aryl methyl sites for hydroxylation is 1. The summed E-state index contributed by atoms with van der Waals surface area (Å²) < 4.78 is 40.2. The van der Waals surface area contributed by atoms with E-state index in [-0.39, 0.29) is 15.5 Å². The molecule has 3 rings (SSSR count). The summed E-state index contributed by atoms with van der Waals surface area (Å²) in [6, 6.07) is 16.6. The molecule has 3 aromatic carbocycles. The number of nitrogens with zero attached hydrogens (tertiary/aromatic N) is 1. The predicted octanol–water partition coefficient (Wildman–Crippen LogP) is 4.86. The summed E-state index contributed by atoms with van der Waals surface area (Å²) in [6.45, 7) is 1.76. The van der Waals surface area contributed by atoms with Gasteiger partial charge < -0.3 is 5.32 Å². The Kier molecular flexibility index (Phi) is 5.91. The van der Waals surface area contributed by atoms with E-state index in [0.29, 0.717) is 16.9 Å². The molecule has 150 valence electrons. The second-order valence-corrected chi connectivity index (χ2v) is 8.75. The van der Waals surface area contributed by atoms with Crippen molar-refractivity contribution in [2.24, 2.45) is 0 Å². The minimum atomic E-state index is -3.78. The molecule has 0 aliphatic carbocycles. The number of benzene rings is 3. The lowest BCUT2D eigenvalue weighted by Crippen LogP contribution is -2.27. The van der Waals surface area contributed by atoms with Gasteiger partial charge >= 0.3 is 0 Å². The van der Waals surface area contributed by atoms with Crippen molar-refractivity contribution in [1.29, 1.82) is 0 Å². The zero-order valence-corrected chi connectivity index (χ0v) is 17.3. The van der Waals surface area contributed by atoms with Crippen LogP contribution in [0.3, 0.4) is 0 Å². The van der Waals surface area contributed by atoms with Gasteiger partial charge in [-0.25, -0.2) is 12.8 Å². The van der Waals surface area contributed by atoms with E-state index in [9.17, 15) is 17.6 Å². The van der Waals surface area contributed by atoms with Crippen LogP contribution in [0, 0.1) is 12.7 Å². The summed E-state index contributed by atoms with van der Waals surface area (Å²) >= 11 is 5.74. The van der Waals surface area contributed by atoms with Crippen LogP contribution in [0.25, 0.3) is 0 Å². The fourth-order valence-electron chi connectivity index (χ4n) is 2.75. The molecular weight excluding hydrogens is 415 g/mol. The van der Waals surface area contributed by atoms with Crippen molar-refractivity contribution in [2.75, 3.05) is 16.7 Å². The lowest BCUT2D eigenvalue weighted by molar-refractivity contribution is 0.102. The van der Waals surface area contributed by atoms with Crippen molar-refractivity contribution < 1.29 is 17.6 Å². The highest BCUT2D eigenvalue weighted by molar-refractivity contribution is 7.92. The number of sulfonamides is 1. The molecule has 0 radical (unpaired) electrons. The largest absolute Gasteiger partial charge is 0.322 e. The van der Waals surface area contributed by atoms with E-state index in [2.05, 4.69) is 5.32 Å². The maximum atomic E-state index is 13.3. The number of hydrogen-bond donors (Lipinski definition) is 1. The molecule has 0 saturated carbocycles. The minimum Gasteiger partial charge on any atom is -0.322 e. The third-order valence-corrected chi connectivity index (χ3v) is 6.46. The predicted molar refractivity (Wildman–Crippen MR) is 113 cm³/mol. The number of halogens is 2. The van der Waals surface area contributed by atoms with Crippen LogP contribution >= 0.6 is 11.6 Å². The lowest BCUT2D eigenvalue weighted by atomic mass is 10.1. The molecule has 0 spiro atoms. The maximum Gasteiger partial charge on any atom is 0.264 e. The zero-order chi connectivity index (χ0) is 21.2. The van der Waals surface area contributed by atoms with Crippen molar-refractivity contribution >= 4 is 38.9 Å². The Morgan fingerprint density at radius 2 is 1.72 bits per heavy atom. The van der Waals surface area contributed by atoms with Crippen LogP contribution in [-0.2, 0) is 10.0 Å². The summed E-state index contributed by atoms with van der Waals surface area (Å²) in [6.07, 6.45) is 0. The topological polar surface area (TPSA) is 66.5 Å². The van der Waals surface area contributed by atoms with Gasteiger partial charge in [-0.3, -0.25) is 9.10 Å². The van der Waals surface area contributed by atoms with Crippen molar-refractivity contribution in [3.8, 4) is 0 Å². The molecule has 0 unspecified atom stereocenters. The van der Waals surface area contributed by atoms with E-state index < -0.39 is 21.7 Å². The van der Waals surface area contributed by atoms with E-state index >= 15 is 0 Å². The number of hydrogen-bond acceptors (Lipinski definition) is 3. The van der Waals surface area contributed by atoms with Gasteiger partial charge in [0, 0.05) is 18.3 Å². The average molecular weight is 433 g/mol. The molecule has 29 heavy (non-hydrogen) atoms. The summed E-state index contributed by atoms with van der Waals surface area (Å²) in [4.78, 5) is 12.8. The molecule has 1 N–H and O–H groups in total. The third-order valence-electron chi connectivity index (χ3n) is 4.39. The highest BCUT2D eigenvalue weighted by atomic mass is 35.5. The van der Waals surface area contributed by atoms with E-state index in [1.165, 1.54) is 37.4 Å². The number of carbonyl (C=O) groups is 1. The molecular formula is C21H18ClFN2O3S. The van der Waals surface area contributed by atoms with E-state index in [1.54, 1.807) is 37.3 Å². The first-order valence-electron chi connectivity index (χ1n) is 8.61. The number of carbonyl (C=O) groups excluding carboxylic acids is 1. The SMILES string of the molecule is Cc1ccc(C(=O)Nc2ccc(F)c(Cl)c2)cc1N(C)S(=O)(=O)c1ccccc1. The van der Waals surface area contributed by atoms with E-state index in [1.807, 2.05) is 0 Å². The zero-order valence-electron chi connectivity index (χ0n) is 15.7. The summed E-state index contributed by atoms with van der Waals surface area (Å²) in [5.74, 6) is -1.06. The van der Waals surface area contributed by atoms with E-state index in [0.717, 1.165) is 10.4 Å². The molecule has 8 heteroatoms. The van der Waals surface area contributed by atoms with Gasteiger partial charge in [-0.1, -0.05) is 35.9 Å². The Bertz CT molecular complexity index is 1170. The Morgan fingerprint density at radius 1 is 1.03 bits per heavy atom.